The van der Waals surface area contributed by atoms with Crippen LogP contribution in [-0.2, 0) is 14.4 Å². The van der Waals surface area contributed by atoms with Gasteiger partial charge in [0.05, 0.1) is 0 Å². The maximum absolute atomic E-state index is 12.0. The van der Waals surface area contributed by atoms with Crippen molar-refractivity contribution in [2.24, 2.45) is 0 Å². The van der Waals surface area contributed by atoms with E-state index in [0.29, 0.717) is 51.0 Å². The van der Waals surface area contributed by atoms with Crippen molar-refractivity contribution >= 4 is 52.3 Å². The molecule has 39 heavy (non-hydrogen) atoms. The molecule has 0 unspecified atom stereocenters. The van der Waals surface area contributed by atoms with E-state index < -0.39 is 18.0 Å². The van der Waals surface area contributed by atoms with Gasteiger partial charge in [0.25, 0.3) is 5.91 Å². The zero-order valence-corrected chi connectivity index (χ0v) is 24.8. The van der Waals surface area contributed by atoms with Crippen molar-refractivity contribution < 1.29 is 29.1 Å². The van der Waals surface area contributed by atoms with Gasteiger partial charge in [0.1, 0.15) is 6.04 Å². The van der Waals surface area contributed by atoms with Crippen molar-refractivity contribution in [3.05, 3.63) is 33.4 Å². The number of nitrogens with one attached hydrogen (secondary N) is 5. The Morgan fingerprint density at radius 2 is 1.23 bits per heavy atom. The Kier molecular flexibility index (Phi) is 18.4. The third-order valence-electron chi connectivity index (χ3n) is 5.79. The van der Waals surface area contributed by atoms with Crippen molar-refractivity contribution in [3.8, 4) is 0 Å². The second-order valence-electron chi connectivity index (χ2n) is 9.16. The number of unbranched alkanes of at least 4 members (excludes halogenated alkanes) is 4. The molecular weight excluding hydrogens is 615 g/mol. The first-order valence-electron chi connectivity index (χ1n) is 13.6. The molecule has 0 aliphatic rings. The molecule has 0 radical (unpaired) electrons. The van der Waals surface area contributed by atoms with Crippen LogP contribution in [0.25, 0.3) is 0 Å². The van der Waals surface area contributed by atoms with Crippen LogP contribution in [0.2, 0.25) is 0 Å². The van der Waals surface area contributed by atoms with E-state index in [9.17, 15) is 24.0 Å². The van der Waals surface area contributed by atoms with Crippen LogP contribution < -0.4 is 26.6 Å². The number of benzene rings is 1. The lowest BCUT2D eigenvalue weighted by Gasteiger charge is -2.14. The van der Waals surface area contributed by atoms with Gasteiger partial charge >= 0.3 is 12.0 Å². The van der Waals surface area contributed by atoms with Crippen LogP contribution in [0.5, 0.6) is 0 Å². The fourth-order valence-corrected chi connectivity index (χ4v) is 3.94. The summed E-state index contributed by atoms with van der Waals surface area (Å²) in [5.41, 5.74) is 0.640. The first kappa shape index (κ1) is 34.1. The molecule has 5 amide bonds. The minimum Gasteiger partial charge on any atom is -0.480 e. The van der Waals surface area contributed by atoms with E-state index in [1.807, 2.05) is 19.1 Å². The SMILES string of the molecule is CCC[C@H](NC(=O)NCCCCCNC(=O)CCC(=O)NCCCCCNC(=O)c1ccc([125I])cc1)C(=O)O. The molecule has 1 aromatic carbocycles. The summed E-state index contributed by atoms with van der Waals surface area (Å²) in [6.45, 7) is 3.88. The Hall–Kier alpha value is -2.90. The first-order valence-corrected chi connectivity index (χ1v) is 14.6. The minimum absolute atomic E-state index is 0.0885. The molecule has 12 heteroatoms. The van der Waals surface area contributed by atoms with Crippen molar-refractivity contribution in [2.45, 2.75) is 77.2 Å². The summed E-state index contributed by atoms with van der Waals surface area (Å²) >= 11 is 2.19. The number of carbonyl (C=O) groups excluding carboxylic acids is 4. The number of aliphatic carboxylic acids is 1. The first-order chi connectivity index (χ1) is 18.7. The number of urea groups is 1. The highest BCUT2D eigenvalue weighted by Gasteiger charge is 2.18. The summed E-state index contributed by atoms with van der Waals surface area (Å²) < 4.78 is 1.08. The number of rotatable bonds is 20. The largest absolute Gasteiger partial charge is 0.480 e. The average molecular weight is 658 g/mol. The third kappa shape index (κ3) is 17.3. The van der Waals surface area contributed by atoms with E-state index >= 15 is 0 Å². The third-order valence-corrected chi connectivity index (χ3v) is 6.51. The fourth-order valence-electron chi connectivity index (χ4n) is 3.58. The van der Waals surface area contributed by atoms with Crippen molar-refractivity contribution in [1.29, 1.82) is 0 Å². The summed E-state index contributed by atoms with van der Waals surface area (Å²) in [4.78, 5) is 58.7. The molecule has 0 heterocycles. The van der Waals surface area contributed by atoms with Gasteiger partial charge in [-0.3, -0.25) is 14.4 Å². The van der Waals surface area contributed by atoms with Crippen LogP contribution in [0.1, 0.15) is 81.5 Å². The summed E-state index contributed by atoms with van der Waals surface area (Å²) in [6.07, 6.45) is 6.01. The van der Waals surface area contributed by atoms with E-state index in [2.05, 4.69) is 49.2 Å². The molecule has 1 aromatic rings. The number of carboxylic acids is 1. The molecule has 0 saturated carbocycles. The predicted octanol–water partition coefficient (Wildman–Crippen LogP) is 2.93. The van der Waals surface area contributed by atoms with Gasteiger partial charge in [-0.15, -0.1) is 0 Å². The molecule has 0 aliphatic heterocycles. The standard InChI is InChI=1S/C27H42IN5O6/c1-2-9-22(26(37)38)33-27(39)32-19-8-4-6-17-30-24(35)15-14-23(34)29-16-5-3-7-18-31-25(36)20-10-12-21(28)13-11-20/h10-13,22H,2-9,14-19H2,1H3,(H,29,34)(H,30,35)(H,31,36)(H,37,38)(H2,32,33,39)/t22-/m0/s1/i28-2. The van der Waals surface area contributed by atoms with E-state index in [0.717, 1.165) is 35.7 Å². The fraction of sp³-hybridized carbons (Fsp3) is 0.593. The average Bonchev–Trinajstić information content (AvgIpc) is 2.90. The topological polar surface area (TPSA) is 166 Å². The van der Waals surface area contributed by atoms with Gasteiger partial charge in [0.15, 0.2) is 0 Å². The van der Waals surface area contributed by atoms with E-state index in [1.54, 1.807) is 12.1 Å². The van der Waals surface area contributed by atoms with Crippen LogP contribution in [-0.4, -0.2) is 67.0 Å². The molecule has 0 saturated heterocycles. The van der Waals surface area contributed by atoms with Crippen molar-refractivity contribution in [2.75, 3.05) is 26.2 Å². The Morgan fingerprint density at radius 1 is 0.744 bits per heavy atom. The van der Waals surface area contributed by atoms with Crippen LogP contribution in [0, 0.1) is 3.57 Å². The summed E-state index contributed by atoms with van der Waals surface area (Å²) in [6, 6.07) is 6.00. The molecule has 0 aliphatic carbocycles. The van der Waals surface area contributed by atoms with Gasteiger partial charge in [-0.25, -0.2) is 9.59 Å². The second kappa shape index (κ2) is 21.0. The molecule has 0 bridgehead atoms. The molecule has 1 rings (SSSR count). The smallest absolute Gasteiger partial charge is 0.326 e. The second-order valence-corrected chi connectivity index (χ2v) is 10.4. The minimum atomic E-state index is -1.05. The predicted molar refractivity (Wildman–Crippen MR) is 157 cm³/mol. The Labute approximate surface area is 244 Å². The van der Waals surface area contributed by atoms with E-state index in [4.69, 9.17) is 5.11 Å². The molecule has 1 atom stereocenters. The highest BCUT2D eigenvalue weighted by Crippen LogP contribution is 2.06. The van der Waals surface area contributed by atoms with Crippen molar-refractivity contribution in [1.82, 2.24) is 26.6 Å². The number of carboxylic acid groups (broad SMARTS) is 1. The van der Waals surface area contributed by atoms with E-state index in [-0.39, 0.29) is 30.6 Å². The maximum Gasteiger partial charge on any atom is 0.326 e. The van der Waals surface area contributed by atoms with Gasteiger partial charge in [-0.2, -0.15) is 0 Å². The number of halogens is 1. The van der Waals surface area contributed by atoms with Crippen LogP contribution in [0.4, 0.5) is 4.79 Å². The monoisotopic (exact) mass is 657 g/mol. The summed E-state index contributed by atoms with van der Waals surface area (Å²) in [7, 11) is 0. The lowest BCUT2D eigenvalue weighted by molar-refractivity contribution is -0.139. The highest BCUT2D eigenvalue weighted by atomic mass is 125. The molecule has 0 spiro atoms. The Bertz CT molecular complexity index is 912. The van der Waals surface area contributed by atoms with Gasteiger partial charge in [0.2, 0.25) is 11.8 Å². The Morgan fingerprint density at radius 3 is 1.72 bits per heavy atom. The number of hydrogen-bond donors (Lipinski definition) is 6. The Balaban J connectivity index is 1.95. The molecule has 218 valence electrons. The number of amides is 5. The molecule has 11 nitrogen and oxygen atoms in total. The maximum atomic E-state index is 12.0. The van der Waals surface area contributed by atoms with Gasteiger partial charge in [-0.1, -0.05) is 13.3 Å². The molecule has 0 aromatic heterocycles. The zero-order chi connectivity index (χ0) is 28.9. The quantitative estimate of drug-likeness (QED) is 0.0933. The molecular formula is C27H42IN5O6. The van der Waals surface area contributed by atoms with Crippen LogP contribution in [0.3, 0.4) is 0 Å². The van der Waals surface area contributed by atoms with Gasteiger partial charge < -0.3 is 31.7 Å². The van der Waals surface area contributed by atoms with Gasteiger partial charge in [-0.05, 0) is 91.8 Å². The lowest BCUT2D eigenvalue weighted by atomic mass is 10.2. The van der Waals surface area contributed by atoms with E-state index in [1.165, 1.54) is 0 Å². The van der Waals surface area contributed by atoms with Crippen LogP contribution >= 0.6 is 22.6 Å². The molecule has 0 fully saturated rings. The zero-order valence-electron chi connectivity index (χ0n) is 22.7. The number of hydrogen-bond acceptors (Lipinski definition) is 5. The summed E-state index contributed by atoms with van der Waals surface area (Å²) in [5.74, 6) is -1.48. The number of carbonyl (C=O) groups is 5. The summed E-state index contributed by atoms with van der Waals surface area (Å²) in [5, 5.41) is 22.6. The normalized spacial score (nSPS) is 11.2. The highest BCUT2D eigenvalue weighted by molar-refractivity contribution is 14.1. The van der Waals surface area contributed by atoms with Crippen molar-refractivity contribution in [3.63, 3.8) is 0 Å². The lowest BCUT2D eigenvalue weighted by Crippen LogP contribution is -2.46. The van der Waals surface area contributed by atoms with Crippen LogP contribution in [0.15, 0.2) is 24.3 Å². The molecule has 6 N–H and O–H groups in total. The van der Waals surface area contributed by atoms with Gasteiger partial charge in [0, 0.05) is 48.2 Å².